The van der Waals surface area contributed by atoms with E-state index in [0.29, 0.717) is 24.8 Å². The van der Waals surface area contributed by atoms with Gasteiger partial charge in [-0.1, -0.05) is 61.7 Å². The second-order valence-electron chi connectivity index (χ2n) is 8.71. The molecule has 1 saturated carbocycles. The van der Waals surface area contributed by atoms with Crippen molar-refractivity contribution in [1.82, 2.24) is 4.98 Å². The molecule has 1 unspecified atom stereocenters. The van der Waals surface area contributed by atoms with Gasteiger partial charge >= 0.3 is 5.97 Å². The van der Waals surface area contributed by atoms with Gasteiger partial charge in [0.05, 0.1) is 5.56 Å². The van der Waals surface area contributed by atoms with Crippen LogP contribution in [0.15, 0.2) is 54.7 Å². The predicted molar refractivity (Wildman–Crippen MR) is 125 cm³/mol. The average molecular weight is 448 g/mol. The van der Waals surface area contributed by atoms with E-state index in [0.717, 1.165) is 35.9 Å². The van der Waals surface area contributed by atoms with Crippen molar-refractivity contribution in [2.75, 3.05) is 0 Å². The number of hydrogen-bond donors (Lipinski definition) is 3. The number of nitrogens with one attached hydrogen (secondary N) is 1. The fourth-order valence-electron chi connectivity index (χ4n) is 4.69. The second-order valence-corrected chi connectivity index (χ2v) is 8.71. The molecule has 7 nitrogen and oxygen atoms in total. The third-order valence-electron chi connectivity index (χ3n) is 6.60. The Morgan fingerprint density at radius 2 is 1.73 bits per heavy atom. The third kappa shape index (κ3) is 4.47. The summed E-state index contributed by atoms with van der Waals surface area (Å²) in [7, 11) is 0. The summed E-state index contributed by atoms with van der Waals surface area (Å²) in [4.78, 5) is 43.2. The summed E-state index contributed by atoms with van der Waals surface area (Å²) < 4.78 is 5.54. The van der Waals surface area contributed by atoms with Crippen molar-refractivity contribution in [3.63, 3.8) is 0 Å². The molecule has 1 aromatic heterocycles. The zero-order valence-corrected chi connectivity index (χ0v) is 18.5. The lowest BCUT2D eigenvalue weighted by molar-refractivity contribution is -0.157. The Balaban J connectivity index is 1.62. The lowest BCUT2D eigenvalue weighted by atomic mass is 9.71. The number of fused-ring (bicyclic) bond motifs is 1. The largest absolute Gasteiger partial charge is 0.459 e. The van der Waals surface area contributed by atoms with Gasteiger partial charge < -0.3 is 21.2 Å². The third-order valence-corrected chi connectivity index (χ3v) is 6.60. The highest BCUT2D eigenvalue weighted by Crippen LogP contribution is 2.34. The summed E-state index contributed by atoms with van der Waals surface area (Å²) in [6, 6.07) is 14.6. The van der Waals surface area contributed by atoms with Gasteiger partial charge in [0.2, 0.25) is 11.6 Å². The Morgan fingerprint density at radius 3 is 2.48 bits per heavy atom. The van der Waals surface area contributed by atoms with Crippen molar-refractivity contribution in [1.29, 1.82) is 0 Å². The van der Waals surface area contributed by atoms with E-state index in [2.05, 4.69) is 4.98 Å². The molecular weight excluding hydrogens is 418 g/mol. The Bertz CT molecular complexity index is 1180. The van der Waals surface area contributed by atoms with Crippen LogP contribution in [0.2, 0.25) is 0 Å². The molecule has 0 radical (unpaired) electrons. The lowest BCUT2D eigenvalue weighted by Crippen LogP contribution is -2.63. The molecule has 0 saturated heterocycles. The van der Waals surface area contributed by atoms with Crippen LogP contribution in [0.5, 0.6) is 0 Å². The highest BCUT2D eigenvalue weighted by atomic mass is 16.5. The Kier molecular flexibility index (Phi) is 6.72. The number of para-hydroxylation sites is 1. The summed E-state index contributed by atoms with van der Waals surface area (Å²) in [5, 5.41) is 0.619. The van der Waals surface area contributed by atoms with Gasteiger partial charge in [0.15, 0.2) is 5.54 Å². The van der Waals surface area contributed by atoms with Gasteiger partial charge in [-0.05, 0) is 36.0 Å². The fourth-order valence-corrected chi connectivity index (χ4v) is 4.69. The van der Waals surface area contributed by atoms with Gasteiger partial charge in [-0.3, -0.25) is 9.59 Å². The first-order chi connectivity index (χ1) is 15.9. The highest BCUT2D eigenvalue weighted by molar-refractivity contribution is 6.51. The van der Waals surface area contributed by atoms with Crippen LogP contribution in [0.25, 0.3) is 10.9 Å². The number of aromatic amines is 1. The van der Waals surface area contributed by atoms with Crippen LogP contribution < -0.4 is 11.5 Å². The first-order valence-corrected chi connectivity index (χ1v) is 11.3. The monoisotopic (exact) mass is 447 g/mol. The number of Topliss-reactive ketones (excluding diaryl/α,β-unsaturated/α-hetero) is 2. The molecule has 1 aliphatic carbocycles. The van der Waals surface area contributed by atoms with E-state index >= 15 is 0 Å². The smallest absolute Gasteiger partial charge is 0.335 e. The molecule has 4 rings (SSSR count). The molecule has 5 N–H and O–H groups in total. The number of benzene rings is 2. The van der Waals surface area contributed by atoms with Gasteiger partial charge in [-0.15, -0.1) is 0 Å². The van der Waals surface area contributed by atoms with E-state index < -0.39 is 29.0 Å². The van der Waals surface area contributed by atoms with Gasteiger partial charge in [0.1, 0.15) is 6.61 Å². The summed E-state index contributed by atoms with van der Waals surface area (Å²) in [6.45, 7) is 0.315. The van der Waals surface area contributed by atoms with Gasteiger partial charge in [-0.25, -0.2) is 4.79 Å². The van der Waals surface area contributed by atoms with Gasteiger partial charge in [0.25, 0.3) is 0 Å². The van der Waals surface area contributed by atoms with Crippen molar-refractivity contribution in [2.45, 2.75) is 50.8 Å². The Morgan fingerprint density at radius 1 is 1.00 bits per heavy atom. The molecule has 0 amide bonds. The van der Waals surface area contributed by atoms with Gasteiger partial charge in [-0.2, -0.15) is 0 Å². The number of nitrogens with two attached hydrogens (primary N) is 2. The minimum atomic E-state index is -2.03. The van der Waals surface area contributed by atoms with E-state index in [4.69, 9.17) is 16.2 Å². The quantitative estimate of drug-likeness (QED) is 0.210. The van der Waals surface area contributed by atoms with Crippen LogP contribution in [0.1, 0.15) is 53.6 Å². The van der Waals surface area contributed by atoms with Crippen LogP contribution in [0, 0.1) is 5.92 Å². The molecule has 1 heterocycles. The maximum atomic E-state index is 13.6. The van der Waals surface area contributed by atoms with Crippen molar-refractivity contribution in [3.8, 4) is 0 Å². The molecular formula is C26H29N3O4. The van der Waals surface area contributed by atoms with Crippen molar-refractivity contribution < 1.29 is 19.1 Å². The number of carbonyl (C=O) groups is 3. The van der Waals surface area contributed by atoms with E-state index in [1.54, 1.807) is 12.1 Å². The summed E-state index contributed by atoms with van der Waals surface area (Å²) in [5.74, 6) is -3.00. The van der Waals surface area contributed by atoms with E-state index in [-0.39, 0.29) is 12.2 Å². The number of carbonyl (C=O) groups excluding carboxylic acids is 3. The molecule has 2 aromatic carbocycles. The number of rotatable bonds is 8. The van der Waals surface area contributed by atoms with E-state index in [9.17, 15) is 14.4 Å². The first-order valence-electron chi connectivity index (χ1n) is 11.3. The molecule has 7 heteroatoms. The lowest BCUT2D eigenvalue weighted by Gasteiger charge is -2.35. The molecule has 172 valence electrons. The SMILES string of the molecule is NCc1cccc(COC(=O)C(N)(C(=O)C(=O)c2c[nH]c3ccccc23)C2CCCCC2)c1. The van der Waals surface area contributed by atoms with Crippen molar-refractivity contribution >= 4 is 28.4 Å². The van der Waals surface area contributed by atoms with Crippen LogP contribution in [-0.2, 0) is 27.5 Å². The van der Waals surface area contributed by atoms with Crippen molar-refractivity contribution in [2.24, 2.45) is 17.4 Å². The maximum Gasteiger partial charge on any atom is 0.335 e. The molecule has 1 aliphatic rings. The minimum absolute atomic E-state index is 0.0487. The zero-order chi connectivity index (χ0) is 23.4. The number of ether oxygens (including phenoxy) is 1. The maximum absolute atomic E-state index is 13.6. The Hall–Kier alpha value is -3.29. The summed E-state index contributed by atoms with van der Waals surface area (Å²) in [5.41, 5.74) is 12.8. The minimum Gasteiger partial charge on any atom is -0.459 e. The second kappa shape index (κ2) is 9.68. The molecule has 3 aromatic rings. The topological polar surface area (TPSA) is 128 Å². The normalized spacial score (nSPS) is 16.3. The van der Waals surface area contributed by atoms with Crippen LogP contribution in [0.4, 0.5) is 0 Å². The number of H-pyrrole nitrogens is 1. The van der Waals surface area contributed by atoms with Gasteiger partial charge in [0, 0.05) is 23.6 Å². The Labute approximate surface area is 192 Å². The highest BCUT2D eigenvalue weighted by Gasteiger charge is 2.52. The molecule has 0 spiro atoms. The van der Waals surface area contributed by atoms with Crippen LogP contribution in [0.3, 0.4) is 0 Å². The summed E-state index contributed by atoms with van der Waals surface area (Å²) in [6.07, 6.45) is 5.41. The van der Waals surface area contributed by atoms with E-state index in [1.165, 1.54) is 6.20 Å². The first kappa shape index (κ1) is 22.9. The van der Waals surface area contributed by atoms with Crippen LogP contribution >= 0.6 is 0 Å². The molecule has 1 atom stereocenters. The number of esters is 1. The molecule has 0 bridgehead atoms. The van der Waals surface area contributed by atoms with Crippen molar-refractivity contribution in [3.05, 3.63) is 71.4 Å². The van der Waals surface area contributed by atoms with E-state index in [1.807, 2.05) is 36.4 Å². The average Bonchev–Trinajstić information content (AvgIpc) is 3.30. The fraction of sp³-hybridized carbons (Fsp3) is 0.346. The number of aromatic nitrogens is 1. The molecule has 33 heavy (non-hydrogen) atoms. The predicted octanol–water partition coefficient (Wildman–Crippen LogP) is 3.40. The van der Waals surface area contributed by atoms with Crippen LogP contribution in [-0.4, -0.2) is 28.1 Å². The number of hydrogen-bond acceptors (Lipinski definition) is 6. The molecule has 0 aliphatic heterocycles. The number of ketones is 2. The molecule has 1 fully saturated rings. The zero-order valence-electron chi connectivity index (χ0n) is 18.5. The summed E-state index contributed by atoms with van der Waals surface area (Å²) >= 11 is 0. The standard InChI is InChI=1S/C26H29N3O4/c27-14-17-7-6-8-18(13-17)16-33-25(32)26(28,19-9-2-1-3-10-19)24(31)23(30)21-15-29-22-12-5-4-11-20(21)22/h4-8,11-13,15,19,29H,1-3,9-10,14,16,27-28H2.